The van der Waals surface area contributed by atoms with Crippen LogP contribution in [0.15, 0.2) is 0 Å². The number of aliphatic hydroxyl groups is 1. The summed E-state index contributed by atoms with van der Waals surface area (Å²) >= 11 is 0. The Labute approximate surface area is 619 Å². The highest BCUT2D eigenvalue weighted by molar-refractivity contribution is 7.47. The van der Waals surface area contributed by atoms with Crippen LogP contribution in [0, 0.1) is 0 Å². The fraction of sp³-hybridized carbons (Fsp3) is 0.951. The monoisotopic (exact) mass is 1480 g/mol. The van der Waals surface area contributed by atoms with Gasteiger partial charge in [-0.25, -0.2) is 9.13 Å². The predicted octanol–water partition coefficient (Wildman–Crippen LogP) is 25.0. The molecule has 0 fully saturated rings. The van der Waals surface area contributed by atoms with E-state index in [9.17, 15) is 43.2 Å². The van der Waals surface area contributed by atoms with E-state index in [4.69, 9.17) is 37.0 Å². The number of esters is 4. The quantitative estimate of drug-likeness (QED) is 0.0222. The molecule has 0 aromatic carbocycles. The molecule has 5 atom stereocenters. The summed E-state index contributed by atoms with van der Waals surface area (Å²) in [6.07, 6.45) is 69.2. The molecule has 0 aliphatic rings. The predicted molar refractivity (Wildman–Crippen MR) is 414 cm³/mol. The Hall–Kier alpha value is -1.94. The first-order valence-electron chi connectivity index (χ1n) is 42.8. The third kappa shape index (κ3) is 76.1. The van der Waals surface area contributed by atoms with E-state index >= 15 is 0 Å². The maximum Gasteiger partial charge on any atom is 0.472 e. The first-order chi connectivity index (χ1) is 49.2. The van der Waals surface area contributed by atoms with Gasteiger partial charge in [0.2, 0.25) is 0 Å². The van der Waals surface area contributed by atoms with Gasteiger partial charge >= 0.3 is 39.5 Å². The topological polar surface area (TPSA) is 237 Å². The molecule has 3 unspecified atom stereocenters. The number of carbonyl (C=O) groups excluding carboxylic acids is 4. The van der Waals surface area contributed by atoms with Crippen molar-refractivity contribution in [1.82, 2.24) is 0 Å². The lowest BCUT2D eigenvalue weighted by Crippen LogP contribution is -2.30. The van der Waals surface area contributed by atoms with Crippen LogP contribution in [-0.2, 0) is 65.4 Å². The van der Waals surface area contributed by atoms with Crippen molar-refractivity contribution in [3.63, 3.8) is 0 Å². The van der Waals surface area contributed by atoms with Crippen LogP contribution in [-0.4, -0.2) is 96.7 Å². The van der Waals surface area contributed by atoms with Crippen molar-refractivity contribution < 1.29 is 80.2 Å². The largest absolute Gasteiger partial charge is 0.472 e. The molecular weight excluding hydrogens is 1320 g/mol. The minimum absolute atomic E-state index is 0.109. The van der Waals surface area contributed by atoms with Gasteiger partial charge < -0.3 is 33.8 Å². The second-order valence-electron chi connectivity index (χ2n) is 29.5. The van der Waals surface area contributed by atoms with Crippen LogP contribution in [0.1, 0.15) is 445 Å². The van der Waals surface area contributed by atoms with Gasteiger partial charge in [0, 0.05) is 25.7 Å². The van der Waals surface area contributed by atoms with Crippen molar-refractivity contribution in [3.05, 3.63) is 0 Å². The molecule has 101 heavy (non-hydrogen) atoms. The Morgan fingerprint density at radius 1 is 0.238 bits per heavy atom. The van der Waals surface area contributed by atoms with Gasteiger partial charge in [-0.15, -0.1) is 0 Å². The minimum Gasteiger partial charge on any atom is -0.462 e. The summed E-state index contributed by atoms with van der Waals surface area (Å²) in [6, 6.07) is 0. The van der Waals surface area contributed by atoms with Gasteiger partial charge in [0.1, 0.15) is 19.3 Å². The summed E-state index contributed by atoms with van der Waals surface area (Å²) in [6.45, 7) is 5.04. The molecule has 0 radical (unpaired) electrons. The number of carbonyl (C=O) groups is 4. The van der Waals surface area contributed by atoms with Gasteiger partial charge in [-0.05, 0) is 25.7 Å². The number of aliphatic hydroxyl groups excluding tert-OH is 1. The van der Waals surface area contributed by atoms with Crippen LogP contribution in [0.2, 0.25) is 0 Å². The van der Waals surface area contributed by atoms with Gasteiger partial charge in [-0.2, -0.15) is 0 Å². The van der Waals surface area contributed by atoms with Crippen LogP contribution in [0.25, 0.3) is 0 Å². The highest BCUT2D eigenvalue weighted by atomic mass is 31.2. The van der Waals surface area contributed by atoms with E-state index in [2.05, 4.69) is 27.7 Å². The van der Waals surface area contributed by atoms with Gasteiger partial charge in [-0.3, -0.25) is 37.3 Å². The number of hydrogen-bond donors (Lipinski definition) is 3. The highest BCUT2D eigenvalue weighted by Crippen LogP contribution is 2.45. The first-order valence-corrected chi connectivity index (χ1v) is 45.8. The first kappa shape index (κ1) is 99.1. The lowest BCUT2D eigenvalue weighted by molar-refractivity contribution is -0.161. The molecule has 0 saturated heterocycles. The van der Waals surface area contributed by atoms with Crippen LogP contribution < -0.4 is 0 Å². The smallest absolute Gasteiger partial charge is 0.462 e. The number of hydrogen-bond acceptors (Lipinski definition) is 15. The average Bonchev–Trinajstić information content (AvgIpc) is 0.967. The van der Waals surface area contributed by atoms with Crippen molar-refractivity contribution in [3.8, 4) is 0 Å². The molecular formula is C82H160O17P2. The Balaban J connectivity index is 5.24. The third-order valence-electron chi connectivity index (χ3n) is 19.4. The number of ether oxygens (including phenoxy) is 4. The van der Waals surface area contributed by atoms with Crippen molar-refractivity contribution in [1.29, 1.82) is 0 Å². The maximum atomic E-state index is 13.1. The van der Waals surface area contributed by atoms with E-state index in [1.165, 1.54) is 276 Å². The van der Waals surface area contributed by atoms with E-state index in [-0.39, 0.29) is 25.7 Å². The zero-order chi connectivity index (χ0) is 73.9. The molecule has 3 N–H and O–H groups in total. The normalized spacial score (nSPS) is 13.8. The summed E-state index contributed by atoms with van der Waals surface area (Å²) in [5.74, 6) is -2.10. The Bertz CT molecular complexity index is 1910. The number of rotatable bonds is 83. The third-order valence-corrected chi connectivity index (χ3v) is 21.3. The summed E-state index contributed by atoms with van der Waals surface area (Å²) < 4.78 is 68.8. The zero-order valence-electron chi connectivity index (χ0n) is 65.9. The van der Waals surface area contributed by atoms with Crippen molar-refractivity contribution in [2.75, 3.05) is 39.6 Å². The molecule has 0 aliphatic heterocycles. The van der Waals surface area contributed by atoms with Crippen LogP contribution in [0.3, 0.4) is 0 Å². The van der Waals surface area contributed by atoms with Crippen molar-refractivity contribution in [2.24, 2.45) is 0 Å². The van der Waals surface area contributed by atoms with Gasteiger partial charge in [0.15, 0.2) is 12.2 Å². The molecule has 17 nitrogen and oxygen atoms in total. The fourth-order valence-electron chi connectivity index (χ4n) is 12.8. The summed E-state index contributed by atoms with van der Waals surface area (Å²) in [4.78, 5) is 73.1. The molecule has 0 aliphatic carbocycles. The van der Waals surface area contributed by atoms with Gasteiger partial charge in [0.05, 0.1) is 26.4 Å². The summed E-state index contributed by atoms with van der Waals surface area (Å²) in [5.41, 5.74) is 0. The molecule has 0 rings (SSSR count). The molecule has 0 aromatic heterocycles. The average molecular weight is 1480 g/mol. The SMILES string of the molecule is CCCCCCCCCCCCCCCCCCCCCC(=O)O[C@H](COC(=O)CCCCCCCCCCCCCCCCCCC)COP(=O)(O)OCC(O)COP(=O)(O)OC[C@@H](COC(=O)CCCCCCCCCCCCCC)OC(=O)CCCCCCCCCCCCCCC. The van der Waals surface area contributed by atoms with Crippen molar-refractivity contribution in [2.45, 2.75) is 463 Å². The number of phosphoric acid groups is 2. The lowest BCUT2D eigenvalue weighted by Gasteiger charge is -2.21. The van der Waals surface area contributed by atoms with E-state index in [0.29, 0.717) is 25.7 Å². The van der Waals surface area contributed by atoms with E-state index in [0.717, 1.165) is 89.9 Å². The molecule has 0 aromatic rings. The Kier molecular flexibility index (Phi) is 74.8. The Morgan fingerprint density at radius 3 is 0.584 bits per heavy atom. The van der Waals surface area contributed by atoms with Crippen LogP contribution in [0.5, 0.6) is 0 Å². The van der Waals surface area contributed by atoms with E-state index < -0.39 is 97.5 Å². The number of unbranched alkanes of at least 4 members (excludes halogenated alkanes) is 57. The van der Waals surface area contributed by atoms with Crippen molar-refractivity contribution >= 4 is 39.5 Å². The number of phosphoric ester groups is 2. The molecule has 600 valence electrons. The van der Waals surface area contributed by atoms with Gasteiger partial charge in [-0.1, -0.05) is 394 Å². The Morgan fingerprint density at radius 2 is 0.396 bits per heavy atom. The molecule has 0 amide bonds. The molecule has 0 bridgehead atoms. The molecule has 0 saturated carbocycles. The maximum absolute atomic E-state index is 13.1. The van der Waals surface area contributed by atoms with E-state index in [1.807, 2.05) is 0 Å². The molecule has 0 spiro atoms. The fourth-order valence-corrected chi connectivity index (χ4v) is 14.4. The second-order valence-corrected chi connectivity index (χ2v) is 32.4. The van der Waals surface area contributed by atoms with E-state index in [1.54, 1.807) is 0 Å². The van der Waals surface area contributed by atoms with Crippen LogP contribution in [0.4, 0.5) is 0 Å². The molecule has 19 heteroatoms. The standard InChI is InChI=1S/C82H160O17P2/c1-5-9-13-17-21-25-29-33-35-37-38-40-42-45-49-53-57-61-65-69-82(87)99-78(73-93-80(85)67-63-59-55-51-47-44-41-39-36-34-30-26-22-18-14-10-6-2)75-97-101(90,91)95-71-76(83)70-94-100(88,89)96-74-77(72-92-79(84)66-62-58-54-50-46-32-28-24-20-16-12-8-4)98-81(86)68-64-60-56-52-48-43-31-27-23-19-15-11-7-3/h76-78,83H,5-75H2,1-4H3,(H,88,89)(H,90,91)/t76?,77-,78-/m1/s1. The molecule has 0 heterocycles. The van der Waals surface area contributed by atoms with Gasteiger partial charge in [0.25, 0.3) is 0 Å². The second kappa shape index (κ2) is 76.3. The minimum atomic E-state index is -4.96. The summed E-state index contributed by atoms with van der Waals surface area (Å²) in [7, 11) is -9.92. The summed E-state index contributed by atoms with van der Waals surface area (Å²) in [5, 5.41) is 10.7. The zero-order valence-corrected chi connectivity index (χ0v) is 67.7. The lowest BCUT2D eigenvalue weighted by atomic mass is 10.0. The highest BCUT2D eigenvalue weighted by Gasteiger charge is 2.30. The van der Waals surface area contributed by atoms with Crippen LogP contribution >= 0.6 is 15.6 Å².